The Morgan fingerprint density at radius 3 is 2.50 bits per heavy atom. The fourth-order valence-corrected chi connectivity index (χ4v) is 2.73. The number of hydrogen-bond donors (Lipinski definition) is 1. The summed E-state index contributed by atoms with van der Waals surface area (Å²) in [6.07, 6.45) is 0. The van der Waals surface area contributed by atoms with Crippen molar-refractivity contribution in [2.45, 2.75) is 6.04 Å². The molecule has 5 heteroatoms. The second kappa shape index (κ2) is 5.70. The monoisotopic (exact) mass is 391 g/mol. The zero-order chi connectivity index (χ0) is 13.3. The molecule has 0 heterocycles. The number of nitrogens with two attached hydrogens (primary N) is 1. The predicted molar refractivity (Wildman–Crippen MR) is 79.3 cm³/mol. The van der Waals surface area contributed by atoms with Crippen LogP contribution in [0.3, 0.4) is 0 Å². The number of halogens is 4. The summed E-state index contributed by atoms with van der Waals surface area (Å²) < 4.78 is 15.5. The highest BCUT2D eigenvalue weighted by molar-refractivity contribution is 9.11. The molecule has 0 aliphatic heterocycles. The van der Waals surface area contributed by atoms with E-state index in [0.717, 1.165) is 14.5 Å². The Hall–Kier alpha value is -0.420. The van der Waals surface area contributed by atoms with Gasteiger partial charge in [0.05, 0.1) is 6.04 Å². The zero-order valence-electron chi connectivity index (χ0n) is 9.13. The lowest BCUT2D eigenvalue weighted by molar-refractivity contribution is 0.599. The van der Waals surface area contributed by atoms with Gasteiger partial charge in [0.2, 0.25) is 0 Å². The van der Waals surface area contributed by atoms with Crippen LogP contribution in [0.1, 0.15) is 17.2 Å². The van der Waals surface area contributed by atoms with Crippen LogP contribution in [0.15, 0.2) is 45.3 Å². The molecule has 2 rings (SSSR count). The molecule has 0 fully saturated rings. The molecule has 1 nitrogen and oxygen atoms in total. The third-order valence-corrected chi connectivity index (χ3v) is 4.04. The van der Waals surface area contributed by atoms with Crippen LogP contribution in [-0.4, -0.2) is 0 Å². The zero-order valence-corrected chi connectivity index (χ0v) is 13.1. The van der Waals surface area contributed by atoms with Crippen LogP contribution in [0.4, 0.5) is 4.39 Å². The van der Waals surface area contributed by atoms with Crippen molar-refractivity contribution in [2.75, 3.05) is 0 Å². The maximum atomic E-state index is 13.8. The van der Waals surface area contributed by atoms with E-state index in [1.807, 2.05) is 18.2 Å². The van der Waals surface area contributed by atoms with Gasteiger partial charge in [0.25, 0.3) is 0 Å². The fourth-order valence-electron chi connectivity index (χ4n) is 1.67. The SMILES string of the molecule is NC(c1cc(Cl)ccc1F)c1cc(Br)ccc1Br. The largest absolute Gasteiger partial charge is 0.320 e. The Kier molecular flexibility index (Phi) is 4.43. The van der Waals surface area contributed by atoms with Gasteiger partial charge in [0.15, 0.2) is 0 Å². The first-order valence-electron chi connectivity index (χ1n) is 5.14. The van der Waals surface area contributed by atoms with Crippen molar-refractivity contribution < 1.29 is 4.39 Å². The molecule has 94 valence electrons. The van der Waals surface area contributed by atoms with E-state index in [9.17, 15) is 4.39 Å². The van der Waals surface area contributed by atoms with E-state index in [1.165, 1.54) is 12.1 Å². The van der Waals surface area contributed by atoms with Crippen LogP contribution in [0.2, 0.25) is 5.02 Å². The van der Waals surface area contributed by atoms with Crippen molar-refractivity contribution in [1.82, 2.24) is 0 Å². The predicted octanol–water partition coefficient (Wildman–Crippen LogP) is 5.05. The summed E-state index contributed by atoms with van der Waals surface area (Å²) in [4.78, 5) is 0. The quantitative estimate of drug-likeness (QED) is 0.759. The Balaban J connectivity index is 2.50. The van der Waals surface area contributed by atoms with Gasteiger partial charge < -0.3 is 5.73 Å². The van der Waals surface area contributed by atoms with Crippen molar-refractivity contribution in [2.24, 2.45) is 5.73 Å². The minimum atomic E-state index is -0.574. The molecule has 2 aromatic carbocycles. The molecule has 0 aromatic heterocycles. The average Bonchev–Trinajstić information content (AvgIpc) is 2.34. The summed E-state index contributed by atoms with van der Waals surface area (Å²) >= 11 is 12.7. The van der Waals surface area contributed by atoms with E-state index in [1.54, 1.807) is 6.07 Å². The highest BCUT2D eigenvalue weighted by Crippen LogP contribution is 2.31. The van der Waals surface area contributed by atoms with Gasteiger partial charge in [-0.3, -0.25) is 0 Å². The minimum Gasteiger partial charge on any atom is -0.320 e. The summed E-state index contributed by atoms with van der Waals surface area (Å²) in [5, 5.41) is 0.466. The fraction of sp³-hybridized carbons (Fsp3) is 0.0769. The van der Waals surface area contributed by atoms with Gasteiger partial charge in [-0.25, -0.2) is 4.39 Å². The van der Waals surface area contributed by atoms with Gasteiger partial charge in [-0.05, 0) is 42.0 Å². The summed E-state index contributed by atoms with van der Waals surface area (Å²) in [5.41, 5.74) is 7.28. The van der Waals surface area contributed by atoms with Gasteiger partial charge in [0, 0.05) is 19.5 Å². The average molecular weight is 393 g/mol. The highest BCUT2D eigenvalue weighted by Gasteiger charge is 2.16. The molecule has 2 N–H and O–H groups in total. The van der Waals surface area contributed by atoms with E-state index < -0.39 is 6.04 Å². The molecule has 0 bridgehead atoms. The molecule has 0 spiro atoms. The molecule has 0 saturated carbocycles. The van der Waals surface area contributed by atoms with Crippen molar-refractivity contribution in [3.05, 3.63) is 67.3 Å². The first-order valence-corrected chi connectivity index (χ1v) is 7.11. The Morgan fingerprint density at radius 2 is 1.78 bits per heavy atom. The van der Waals surface area contributed by atoms with Crippen LogP contribution in [-0.2, 0) is 0 Å². The summed E-state index contributed by atoms with van der Waals surface area (Å²) in [7, 11) is 0. The Labute approximate surface area is 126 Å². The summed E-state index contributed by atoms with van der Waals surface area (Å²) in [5.74, 6) is -0.362. The van der Waals surface area contributed by atoms with Crippen molar-refractivity contribution in [3.8, 4) is 0 Å². The van der Waals surface area contributed by atoms with Crippen molar-refractivity contribution in [1.29, 1.82) is 0 Å². The molecule has 1 atom stereocenters. The van der Waals surface area contributed by atoms with Crippen LogP contribution in [0.5, 0.6) is 0 Å². The molecule has 0 aliphatic carbocycles. The molecular weight excluding hydrogens is 384 g/mol. The smallest absolute Gasteiger partial charge is 0.128 e. The van der Waals surface area contributed by atoms with Crippen LogP contribution in [0, 0.1) is 5.82 Å². The van der Waals surface area contributed by atoms with E-state index >= 15 is 0 Å². The highest BCUT2D eigenvalue weighted by atomic mass is 79.9. The first kappa shape index (κ1) is 14.0. The molecule has 0 aliphatic rings. The standard InChI is InChI=1S/C13H9Br2ClFN/c14-7-1-3-11(15)9(5-7)13(18)10-6-8(16)2-4-12(10)17/h1-6,13H,18H2. The van der Waals surface area contributed by atoms with Crippen LogP contribution >= 0.6 is 43.5 Å². The molecule has 0 radical (unpaired) electrons. The number of rotatable bonds is 2. The van der Waals surface area contributed by atoms with Crippen molar-refractivity contribution in [3.63, 3.8) is 0 Å². The maximum Gasteiger partial charge on any atom is 0.128 e. The summed E-state index contributed by atoms with van der Waals surface area (Å²) in [6.45, 7) is 0. The van der Waals surface area contributed by atoms with Crippen molar-refractivity contribution >= 4 is 43.5 Å². The van der Waals surface area contributed by atoms with E-state index in [0.29, 0.717) is 10.6 Å². The molecular formula is C13H9Br2ClFN. The topological polar surface area (TPSA) is 26.0 Å². The normalized spacial score (nSPS) is 12.5. The van der Waals surface area contributed by atoms with Gasteiger partial charge >= 0.3 is 0 Å². The van der Waals surface area contributed by atoms with Crippen LogP contribution < -0.4 is 5.73 Å². The molecule has 18 heavy (non-hydrogen) atoms. The third-order valence-electron chi connectivity index (χ3n) is 2.59. The Morgan fingerprint density at radius 1 is 1.06 bits per heavy atom. The van der Waals surface area contributed by atoms with E-state index in [-0.39, 0.29) is 5.82 Å². The third kappa shape index (κ3) is 2.94. The number of benzene rings is 2. The molecule has 0 amide bonds. The van der Waals surface area contributed by atoms with Gasteiger partial charge in [-0.2, -0.15) is 0 Å². The second-order valence-electron chi connectivity index (χ2n) is 3.81. The maximum absolute atomic E-state index is 13.8. The lowest BCUT2D eigenvalue weighted by Gasteiger charge is -2.16. The minimum absolute atomic E-state index is 0.362. The number of hydrogen-bond acceptors (Lipinski definition) is 1. The van der Waals surface area contributed by atoms with E-state index in [4.69, 9.17) is 17.3 Å². The van der Waals surface area contributed by atoms with Gasteiger partial charge in [-0.15, -0.1) is 0 Å². The van der Waals surface area contributed by atoms with Crippen LogP contribution in [0.25, 0.3) is 0 Å². The lowest BCUT2D eigenvalue weighted by Crippen LogP contribution is -2.14. The van der Waals surface area contributed by atoms with Gasteiger partial charge in [0.1, 0.15) is 5.82 Å². The molecule has 1 unspecified atom stereocenters. The lowest BCUT2D eigenvalue weighted by atomic mass is 9.99. The molecule has 2 aromatic rings. The summed E-state index contributed by atoms with van der Waals surface area (Å²) in [6, 6.07) is 9.41. The Bertz CT molecular complexity index is 538. The molecule has 0 saturated heterocycles. The second-order valence-corrected chi connectivity index (χ2v) is 6.02. The first-order chi connectivity index (χ1) is 8.49. The van der Waals surface area contributed by atoms with Gasteiger partial charge in [-0.1, -0.05) is 43.5 Å². The van der Waals surface area contributed by atoms with E-state index in [2.05, 4.69) is 31.9 Å².